The van der Waals surface area contributed by atoms with Gasteiger partial charge in [-0.05, 0) is 30.5 Å². The van der Waals surface area contributed by atoms with Crippen molar-refractivity contribution >= 4 is 62.4 Å². The van der Waals surface area contributed by atoms with Crippen LogP contribution in [-0.4, -0.2) is 28.1 Å². The van der Waals surface area contributed by atoms with Gasteiger partial charge in [0, 0.05) is 10.2 Å². The van der Waals surface area contributed by atoms with Crippen LogP contribution in [0.5, 0.6) is 0 Å². The fourth-order valence-electron chi connectivity index (χ4n) is 1.20. The highest BCUT2D eigenvalue weighted by Crippen LogP contribution is 2.27. The van der Waals surface area contributed by atoms with Crippen LogP contribution in [0.4, 0.5) is 5.69 Å². The van der Waals surface area contributed by atoms with Crippen molar-refractivity contribution in [3.8, 4) is 0 Å². The van der Waals surface area contributed by atoms with Crippen molar-refractivity contribution in [3.05, 3.63) is 28.7 Å². The molecule has 1 aromatic heterocycles. The summed E-state index contributed by atoms with van der Waals surface area (Å²) in [6.07, 6.45) is 1.95. The van der Waals surface area contributed by atoms with E-state index in [4.69, 9.17) is 0 Å². The number of halogens is 1. The second-order valence-corrected chi connectivity index (χ2v) is 7.55. The van der Waals surface area contributed by atoms with E-state index in [1.165, 1.54) is 23.1 Å². The highest BCUT2D eigenvalue weighted by atomic mass is 79.9. The molecule has 0 atom stereocenters. The van der Waals surface area contributed by atoms with Crippen LogP contribution < -0.4 is 5.32 Å². The summed E-state index contributed by atoms with van der Waals surface area (Å²) < 4.78 is 2.71. The molecule has 0 aliphatic rings. The van der Waals surface area contributed by atoms with Gasteiger partial charge in [0.05, 0.1) is 5.75 Å². The molecular weight excluding hydrogens is 366 g/mol. The predicted octanol–water partition coefficient (Wildman–Crippen LogP) is 3.75. The van der Waals surface area contributed by atoms with Gasteiger partial charge in [-0.2, -0.15) is 0 Å². The summed E-state index contributed by atoms with van der Waals surface area (Å²) in [5.41, 5.74) is 0.788. The Hall–Kier alpha value is -0.570. The van der Waals surface area contributed by atoms with Crippen LogP contribution in [0.2, 0.25) is 0 Å². The first-order valence-electron chi connectivity index (χ1n) is 5.23. The van der Waals surface area contributed by atoms with E-state index in [1.807, 2.05) is 30.5 Å². The molecule has 100 valence electrons. The third-order valence-corrected chi connectivity index (χ3v) is 5.58. The van der Waals surface area contributed by atoms with Crippen molar-refractivity contribution in [2.24, 2.45) is 0 Å². The fourth-order valence-corrected chi connectivity index (χ4v) is 3.70. The molecule has 0 radical (unpaired) electrons. The Balaban J connectivity index is 1.82. The first-order valence-corrected chi connectivity index (χ1v) is 9.05. The molecule has 0 fully saturated rings. The first kappa shape index (κ1) is 14.8. The van der Waals surface area contributed by atoms with E-state index in [9.17, 15) is 4.79 Å². The van der Waals surface area contributed by atoms with Gasteiger partial charge in [-0.3, -0.25) is 4.79 Å². The number of hydrogen-bond donors (Lipinski definition) is 1. The van der Waals surface area contributed by atoms with Gasteiger partial charge in [0.2, 0.25) is 5.91 Å². The highest BCUT2D eigenvalue weighted by molar-refractivity contribution is 9.10. The number of rotatable bonds is 5. The van der Waals surface area contributed by atoms with Crippen LogP contribution in [0, 0.1) is 0 Å². The maximum atomic E-state index is 11.8. The molecule has 1 amide bonds. The Morgan fingerprint density at radius 3 is 2.63 bits per heavy atom. The smallest absolute Gasteiger partial charge is 0.234 e. The summed E-state index contributed by atoms with van der Waals surface area (Å²) in [5, 5.41) is 10.8. The van der Waals surface area contributed by atoms with E-state index in [-0.39, 0.29) is 5.91 Å². The summed E-state index contributed by atoms with van der Waals surface area (Å²) >= 11 is 7.80. The van der Waals surface area contributed by atoms with E-state index >= 15 is 0 Å². The van der Waals surface area contributed by atoms with Crippen LogP contribution in [0.1, 0.15) is 0 Å². The zero-order valence-electron chi connectivity index (χ0n) is 9.92. The molecule has 2 rings (SSSR count). The van der Waals surface area contributed by atoms with E-state index in [0.29, 0.717) is 5.75 Å². The van der Waals surface area contributed by atoms with Crippen LogP contribution >= 0.6 is 50.8 Å². The average molecular weight is 376 g/mol. The number of benzene rings is 1. The lowest BCUT2D eigenvalue weighted by molar-refractivity contribution is -0.113. The lowest BCUT2D eigenvalue weighted by atomic mass is 10.3. The Bertz CT molecular complexity index is 559. The van der Waals surface area contributed by atoms with Crippen molar-refractivity contribution in [2.45, 2.75) is 8.68 Å². The lowest BCUT2D eigenvalue weighted by Crippen LogP contribution is -2.13. The third kappa shape index (κ3) is 4.79. The van der Waals surface area contributed by atoms with Crippen LogP contribution in [-0.2, 0) is 4.79 Å². The van der Waals surface area contributed by atoms with E-state index in [2.05, 4.69) is 31.4 Å². The average Bonchev–Trinajstić information content (AvgIpc) is 2.87. The largest absolute Gasteiger partial charge is 0.325 e. The summed E-state index contributed by atoms with van der Waals surface area (Å²) in [6.45, 7) is 0. The molecule has 19 heavy (non-hydrogen) atoms. The molecule has 8 heteroatoms. The Morgan fingerprint density at radius 1 is 1.32 bits per heavy atom. The molecule has 0 aliphatic heterocycles. The minimum atomic E-state index is -0.0479. The number of nitrogens with one attached hydrogen (secondary N) is 1. The fraction of sp³-hybridized carbons (Fsp3) is 0.182. The Morgan fingerprint density at radius 2 is 2.00 bits per heavy atom. The van der Waals surface area contributed by atoms with Crippen molar-refractivity contribution in [3.63, 3.8) is 0 Å². The second kappa shape index (κ2) is 7.28. The van der Waals surface area contributed by atoms with Crippen LogP contribution in [0.3, 0.4) is 0 Å². The summed E-state index contributed by atoms with van der Waals surface area (Å²) in [6, 6.07) is 7.48. The molecule has 0 saturated heterocycles. The second-order valence-electron chi connectivity index (χ2n) is 3.38. The van der Waals surface area contributed by atoms with Crippen molar-refractivity contribution in [1.29, 1.82) is 0 Å². The molecule has 1 heterocycles. The third-order valence-electron chi connectivity index (χ3n) is 2.02. The zero-order chi connectivity index (χ0) is 13.7. The molecule has 0 saturated carbocycles. The molecule has 1 N–H and O–H groups in total. The SMILES string of the molecule is CSc1nnc(SCC(=O)Nc2ccc(Br)cc2)s1. The molecule has 1 aromatic carbocycles. The number of aromatic nitrogens is 2. The quantitative estimate of drug-likeness (QED) is 0.806. The van der Waals surface area contributed by atoms with Gasteiger partial charge in [0.1, 0.15) is 0 Å². The number of amides is 1. The van der Waals surface area contributed by atoms with Gasteiger partial charge in [-0.1, -0.05) is 50.8 Å². The molecule has 0 bridgehead atoms. The maximum absolute atomic E-state index is 11.8. The van der Waals surface area contributed by atoms with Gasteiger partial charge in [0.15, 0.2) is 8.68 Å². The standard InChI is InChI=1S/C11H10BrN3OS3/c1-17-10-14-15-11(19-10)18-6-9(16)13-8-4-2-7(12)3-5-8/h2-5H,6H2,1H3,(H,13,16). The number of nitrogens with zero attached hydrogens (tertiary/aromatic N) is 2. The Kier molecular flexibility index (Phi) is 5.68. The molecule has 0 spiro atoms. The van der Waals surface area contributed by atoms with Gasteiger partial charge in [-0.15, -0.1) is 10.2 Å². The normalized spacial score (nSPS) is 10.4. The molecular formula is C11H10BrN3OS3. The molecule has 0 unspecified atom stereocenters. The van der Waals surface area contributed by atoms with Gasteiger partial charge in [0.25, 0.3) is 0 Å². The number of hydrogen-bond acceptors (Lipinski definition) is 6. The van der Waals surface area contributed by atoms with Crippen molar-refractivity contribution < 1.29 is 4.79 Å². The minimum absolute atomic E-state index is 0.0479. The topological polar surface area (TPSA) is 54.9 Å². The molecule has 4 nitrogen and oxygen atoms in total. The predicted molar refractivity (Wildman–Crippen MR) is 85.2 cm³/mol. The first-order chi connectivity index (χ1) is 9.17. The summed E-state index contributed by atoms with van der Waals surface area (Å²) in [7, 11) is 0. The van der Waals surface area contributed by atoms with Gasteiger partial charge < -0.3 is 5.32 Å². The van der Waals surface area contributed by atoms with Gasteiger partial charge >= 0.3 is 0 Å². The highest BCUT2D eigenvalue weighted by Gasteiger charge is 2.07. The minimum Gasteiger partial charge on any atom is -0.325 e. The van der Waals surface area contributed by atoms with Crippen molar-refractivity contribution in [2.75, 3.05) is 17.3 Å². The van der Waals surface area contributed by atoms with Gasteiger partial charge in [-0.25, -0.2) is 0 Å². The number of carbonyl (C=O) groups is 1. The van der Waals surface area contributed by atoms with Crippen LogP contribution in [0.25, 0.3) is 0 Å². The number of thioether (sulfide) groups is 2. The van der Waals surface area contributed by atoms with Crippen LogP contribution in [0.15, 0.2) is 37.4 Å². The number of carbonyl (C=O) groups excluding carboxylic acids is 1. The molecule has 2 aromatic rings. The maximum Gasteiger partial charge on any atom is 0.234 e. The zero-order valence-corrected chi connectivity index (χ0v) is 14.0. The lowest BCUT2D eigenvalue weighted by Gasteiger charge is -2.03. The number of anilines is 1. The van der Waals surface area contributed by atoms with E-state index in [1.54, 1.807) is 11.8 Å². The van der Waals surface area contributed by atoms with Crippen molar-refractivity contribution in [1.82, 2.24) is 10.2 Å². The van der Waals surface area contributed by atoms with E-state index in [0.717, 1.165) is 18.8 Å². The monoisotopic (exact) mass is 375 g/mol. The van der Waals surface area contributed by atoms with E-state index < -0.39 is 0 Å². The summed E-state index contributed by atoms with van der Waals surface area (Å²) in [4.78, 5) is 11.8. The molecule has 0 aliphatic carbocycles. The Labute approximate surface area is 131 Å². The summed E-state index contributed by atoms with van der Waals surface area (Å²) in [5.74, 6) is 0.284.